The lowest BCUT2D eigenvalue weighted by atomic mass is 10.0. The lowest BCUT2D eigenvalue weighted by Crippen LogP contribution is -2.23. The molecule has 164 valence electrons. The molecule has 1 heterocycles. The van der Waals surface area contributed by atoms with Crippen LogP contribution in [-0.4, -0.2) is 21.4 Å². The minimum atomic E-state index is -0.255. The van der Waals surface area contributed by atoms with Gasteiger partial charge in [-0.05, 0) is 55.9 Å². The Balaban J connectivity index is 1.54. The first-order chi connectivity index (χ1) is 14.7. The fraction of sp³-hybridized carbons (Fsp3) is 0.375. The fourth-order valence-electron chi connectivity index (χ4n) is 3.25. The van der Waals surface area contributed by atoms with E-state index in [2.05, 4.69) is 72.7 Å². The number of carbonyl (C=O) groups excluding carboxylic acids is 1. The van der Waals surface area contributed by atoms with Crippen LogP contribution in [0, 0.1) is 20.8 Å². The smallest absolute Gasteiger partial charge is 0.237 e. The Morgan fingerprint density at radius 1 is 1.00 bits per heavy atom. The molecular weight excluding hydrogens is 442 g/mol. The number of nitrogens with zero attached hydrogens (tertiary/aromatic N) is 2. The van der Waals surface area contributed by atoms with Crippen LogP contribution >= 0.6 is 34.9 Å². The van der Waals surface area contributed by atoms with Gasteiger partial charge in [-0.1, -0.05) is 90.7 Å². The van der Waals surface area contributed by atoms with Gasteiger partial charge in [0, 0.05) is 11.4 Å². The van der Waals surface area contributed by atoms with E-state index in [-0.39, 0.29) is 11.2 Å². The number of nitrogens with one attached hydrogen (secondary N) is 1. The molecule has 4 nitrogen and oxygen atoms in total. The van der Waals surface area contributed by atoms with Crippen LogP contribution in [0.4, 0.5) is 5.69 Å². The second-order valence-electron chi connectivity index (χ2n) is 8.04. The van der Waals surface area contributed by atoms with Crippen molar-refractivity contribution in [1.82, 2.24) is 10.2 Å². The Bertz CT molecular complexity index is 1020. The molecule has 0 spiro atoms. The van der Waals surface area contributed by atoms with E-state index in [0.717, 1.165) is 31.2 Å². The van der Waals surface area contributed by atoms with Crippen molar-refractivity contribution < 1.29 is 4.79 Å². The molecule has 0 fully saturated rings. The second kappa shape index (κ2) is 10.7. The van der Waals surface area contributed by atoms with Crippen molar-refractivity contribution >= 4 is 46.5 Å². The Morgan fingerprint density at radius 3 is 2.23 bits per heavy atom. The van der Waals surface area contributed by atoms with Gasteiger partial charge in [-0.25, -0.2) is 0 Å². The van der Waals surface area contributed by atoms with Crippen molar-refractivity contribution in [2.75, 3.05) is 5.32 Å². The highest BCUT2D eigenvalue weighted by atomic mass is 32.2. The SMILES string of the molecule is Cc1cc(C)c(NC(=O)C(C)Sc2nnc(SCc3ccc(C(C)C)cc3)s2)c(C)c1. The normalized spacial score (nSPS) is 12.2. The lowest BCUT2D eigenvalue weighted by Gasteiger charge is -2.15. The van der Waals surface area contributed by atoms with Crippen LogP contribution in [0.25, 0.3) is 0 Å². The van der Waals surface area contributed by atoms with E-state index < -0.39 is 0 Å². The number of aromatic nitrogens is 2. The third-order valence-electron chi connectivity index (χ3n) is 4.97. The number of aryl methyl sites for hydroxylation is 3. The van der Waals surface area contributed by atoms with E-state index in [0.29, 0.717) is 5.92 Å². The molecule has 0 aliphatic carbocycles. The zero-order chi connectivity index (χ0) is 22.5. The third-order valence-corrected chi connectivity index (χ3v) is 8.28. The molecule has 0 bridgehead atoms. The molecule has 1 N–H and O–H groups in total. The van der Waals surface area contributed by atoms with E-state index in [9.17, 15) is 4.79 Å². The number of anilines is 1. The summed E-state index contributed by atoms with van der Waals surface area (Å²) >= 11 is 4.68. The van der Waals surface area contributed by atoms with Gasteiger partial charge in [-0.2, -0.15) is 0 Å². The largest absolute Gasteiger partial charge is 0.325 e. The Hall–Kier alpha value is -1.83. The molecule has 2 aromatic carbocycles. The average molecular weight is 472 g/mol. The first-order valence-corrected chi connectivity index (χ1v) is 13.0. The van der Waals surface area contributed by atoms with Crippen molar-refractivity contribution in [1.29, 1.82) is 0 Å². The van der Waals surface area contributed by atoms with Crippen molar-refractivity contribution in [2.24, 2.45) is 0 Å². The molecule has 3 rings (SSSR count). The molecule has 0 aliphatic heterocycles. The molecule has 0 radical (unpaired) electrons. The molecule has 0 saturated carbocycles. The predicted octanol–water partition coefficient (Wildman–Crippen LogP) is 7.00. The Labute approximate surface area is 197 Å². The number of hydrogen-bond acceptors (Lipinski definition) is 6. The molecule has 1 atom stereocenters. The molecule has 31 heavy (non-hydrogen) atoms. The summed E-state index contributed by atoms with van der Waals surface area (Å²) in [6.45, 7) is 12.4. The second-order valence-corrected chi connectivity index (χ2v) is 11.8. The maximum absolute atomic E-state index is 12.7. The Morgan fingerprint density at radius 2 is 1.61 bits per heavy atom. The minimum Gasteiger partial charge on any atom is -0.325 e. The van der Waals surface area contributed by atoms with Crippen LogP contribution in [-0.2, 0) is 10.5 Å². The van der Waals surface area contributed by atoms with Gasteiger partial charge in [0.15, 0.2) is 8.68 Å². The van der Waals surface area contributed by atoms with Gasteiger partial charge in [-0.3, -0.25) is 4.79 Å². The number of hydrogen-bond donors (Lipinski definition) is 1. The van der Waals surface area contributed by atoms with E-state index in [1.807, 2.05) is 20.8 Å². The van der Waals surface area contributed by atoms with Gasteiger partial charge in [0.1, 0.15) is 0 Å². The summed E-state index contributed by atoms with van der Waals surface area (Å²) in [4.78, 5) is 12.7. The number of carbonyl (C=O) groups is 1. The van der Waals surface area contributed by atoms with E-state index >= 15 is 0 Å². The molecule has 0 saturated heterocycles. The molecule has 1 aromatic heterocycles. The Kier molecular flexibility index (Phi) is 8.19. The minimum absolute atomic E-state index is 0.0188. The van der Waals surface area contributed by atoms with Crippen LogP contribution in [0.2, 0.25) is 0 Å². The first-order valence-electron chi connectivity index (χ1n) is 10.3. The summed E-state index contributed by atoms with van der Waals surface area (Å²) in [5, 5.41) is 11.4. The van der Waals surface area contributed by atoms with Crippen molar-refractivity contribution in [2.45, 2.75) is 67.1 Å². The highest BCUT2D eigenvalue weighted by Crippen LogP contribution is 2.33. The topological polar surface area (TPSA) is 54.9 Å². The van der Waals surface area contributed by atoms with Crippen LogP contribution in [0.5, 0.6) is 0 Å². The van der Waals surface area contributed by atoms with Crippen molar-refractivity contribution in [3.8, 4) is 0 Å². The van der Waals surface area contributed by atoms with E-state index in [1.54, 1.807) is 23.1 Å². The van der Waals surface area contributed by atoms with E-state index in [1.165, 1.54) is 28.5 Å². The maximum Gasteiger partial charge on any atom is 0.237 e. The zero-order valence-electron chi connectivity index (χ0n) is 18.9. The molecule has 3 aromatic rings. The lowest BCUT2D eigenvalue weighted by molar-refractivity contribution is -0.115. The van der Waals surface area contributed by atoms with Gasteiger partial charge in [-0.15, -0.1) is 10.2 Å². The number of rotatable bonds is 8. The first kappa shape index (κ1) is 23.8. The van der Waals surface area contributed by atoms with Crippen LogP contribution in [0.1, 0.15) is 54.5 Å². The van der Waals surface area contributed by atoms with Crippen molar-refractivity contribution in [3.63, 3.8) is 0 Å². The molecular formula is C24H29N3OS3. The average Bonchev–Trinajstić information content (AvgIpc) is 3.16. The number of amides is 1. The standard InChI is InChI=1S/C24H29N3OS3/c1-14(2)20-9-7-19(8-10-20)13-29-23-26-27-24(31-23)30-18(6)22(28)25-21-16(4)11-15(3)12-17(21)5/h7-12,14,18H,13H2,1-6H3,(H,25,28). The van der Waals surface area contributed by atoms with E-state index in [4.69, 9.17) is 0 Å². The van der Waals surface area contributed by atoms with Crippen molar-refractivity contribution in [3.05, 3.63) is 64.2 Å². The molecule has 7 heteroatoms. The summed E-state index contributed by atoms with van der Waals surface area (Å²) in [6.07, 6.45) is 0. The zero-order valence-corrected chi connectivity index (χ0v) is 21.3. The van der Waals surface area contributed by atoms with Gasteiger partial charge in [0.2, 0.25) is 5.91 Å². The van der Waals surface area contributed by atoms with Crippen LogP contribution in [0.3, 0.4) is 0 Å². The summed E-state index contributed by atoms with van der Waals surface area (Å²) < 4.78 is 1.74. The van der Waals surface area contributed by atoms with Gasteiger partial charge < -0.3 is 5.32 Å². The fourth-order valence-corrected chi connectivity index (χ4v) is 6.37. The van der Waals surface area contributed by atoms with Gasteiger partial charge in [0.25, 0.3) is 0 Å². The van der Waals surface area contributed by atoms with Gasteiger partial charge >= 0.3 is 0 Å². The van der Waals surface area contributed by atoms with Gasteiger partial charge in [0.05, 0.1) is 5.25 Å². The monoisotopic (exact) mass is 471 g/mol. The summed E-state index contributed by atoms with van der Waals surface area (Å²) in [6, 6.07) is 12.9. The summed E-state index contributed by atoms with van der Waals surface area (Å²) in [7, 11) is 0. The maximum atomic E-state index is 12.7. The molecule has 1 unspecified atom stereocenters. The van der Waals surface area contributed by atoms with Crippen LogP contribution in [0.15, 0.2) is 45.1 Å². The predicted molar refractivity (Wildman–Crippen MR) is 135 cm³/mol. The highest BCUT2D eigenvalue weighted by Gasteiger charge is 2.19. The third kappa shape index (κ3) is 6.57. The summed E-state index contributed by atoms with van der Waals surface area (Å²) in [5.74, 6) is 1.39. The van der Waals surface area contributed by atoms with Crippen LogP contribution < -0.4 is 5.32 Å². The number of benzene rings is 2. The summed E-state index contributed by atoms with van der Waals surface area (Å²) in [5.41, 5.74) is 6.89. The molecule has 0 aliphatic rings. The molecule has 1 amide bonds. The quantitative estimate of drug-likeness (QED) is 0.359. The highest BCUT2D eigenvalue weighted by molar-refractivity contribution is 8.03. The number of thioether (sulfide) groups is 2.